The lowest BCUT2D eigenvalue weighted by molar-refractivity contribution is 0.0730. The number of morpholine rings is 1. The average Bonchev–Trinajstić information content (AvgIpc) is 2.65. The Balaban J connectivity index is 2.22. The van der Waals surface area contributed by atoms with Crippen LogP contribution in [0.25, 0.3) is 0 Å². The average molecular weight is 370 g/mol. The topological polar surface area (TPSA) is 84.9 Å². The molecule has 0 radical (unpaired) electrons. The fourth-order valence-electron chi connectivity index (χ4n) is 2.63. The van der Waals surface area contributed by atoms with Gasteiger partial charge in [-0.15, -0.1) is 0 Å². The van der Waals surface area contributed by atoms with Gasteiger partial charge in [0.2, 0.25) is 10.0 Å². The minimum atomic E-state index is -3.65. The molecule has 1 aromatic carbocycles. The second-order valence-electron chi connectivity index (χ2n) is 5.84. The lowest BCUT2D eigenvalue weighted by Crippen LogP contribution is -2.40. The molecule has 7 nitrogen and oxygen atoms in total. The zero-order chi connectivity index (χ0) is 18.3. The van der Waals surface area contributed by atoms with Crippen LogP contribution in [0.2, 0.25) is 0 Å². The summed E-state index contributed by atoms with van der Waals surface area (Å²) in [6, 6.07) is 4.38. The van der Waals surface area contributed by atoms with Crippen LogP contribution in [0.1, 0.15) is 36.5 Å². The molecule has 1 saturated heterocycles. The number of benzene rings is 1. The Labute approximate surface area is 149 Å². The molecule has 1 aliphatic heterocycles. The summed E-state index contributed by atoms with van der Waals surface area (Å²) < 4.78 is 37.3. The molecule has 1 heterocycles. The number of sulfonamides is 1. The number of nitrogens with one attached hydrogen (secondary N) is 1. The van der Waals surface area contributed by atoms with Gasteiger partial charge in [-0.1, -0.05) is 19.8 Å². The molecule has 0 bridgehead atoms. The highest BCUT2D eigenvalue weighted by molar-refractivity contribution is 7.89. The van der Waals surface area contributed by atoms with Crippen molar-refractivity contribution in [2.45, 2.75) is 31.1 Å². The van der Waals surface area contributed by atoms with E-state index in [1.165, 1.54) is 29.6 Å². The second kappa shape index (κ2) is 9.17. The van der Waals surface area contributed by atoms with Gasteiger partial charge in [0, 0.05) is 19.6 Å². The van der Waals surface area contributed by atoms with Gasteiger partial charge in [0.25, 0.3) is 5.91 Å². The number of carbonyl (C=O) groups is 1. The first-order valence-electron chi connectivity index (χ1n) is 8.55. The van der Waals surface area contributed by atoms with Gasteiger partial charge in [-0.2, -0.15) is 4.31 Å². The molecule has 1 N–H and O–H groups in total. The molecule has 1 amide bonds. The number of carbonyl (C=O) groups excluding carboxylic acids is 1. The third-order valence-corrected chi connectivity index (χ3v) is 5.98. The van der Waals surface area contributed by atoms with E-state index in [9.17, 15) is 13.2 Å². The Morgan fingerprint density at radius 1 is 1.28 bits per heavy atom. The highest BCUT2D eigenvalue weighted by Gasteiger charge is 2.27. The Kier molecular flexibility index (Phi) is 7.22. The van der Waals surface area contributed by atoms with Gasteiger partial charge in [-0.25, -0.2) is 8.42 Å². The predicted octanol–water partition coefficient (Wildman–Crippen LogP) is 1.64. The van der Waals surface area contributed by atoms with E-state index in [0.29, 0.717) is 38.6 Å². The van der Waals surface area contributed by atoms with Gasteiger partial charge in [0.15, 0.2) is 0 Å². The Morgan fingerprint density at radius 3 is 2.64 bits per heavy atom. The maximum Gasteiger partial charge on any atom is 0.255 e. The largest absolute Gasteiger partial charge is 0.496 e. The van der Waals surface area contributed by atoms with Crippen LogP contribution < -0.4 is 10.1 Å². The SMILES string of the molecule is CCCCCNC(=O)c1cc(S(=O)(=O)N2CCOCC2)ccc1OC. The van der Waals surface area contributed by atoms with Gasteiger partial charge in [0.05, 0.1) is 30.8 Å². The molecule has 140 valence electrons. The molecular weight excluding hydrogens is 344 g/mol. The van der Waals surface area contributed by atoms with E-state index in [1.54, 1.807) is 0 Å². The predicted molar refractivity (Wildman–Crippen MR) is 94.4 cm³/mol. The molecule has 0 atom stereocenters. The lowest BCUT2D eigenvalue weighted by atomic mass is 10.2. The summed E-state index contributed by atoms with van der Waals surface area (Å²) >= 11 is 0. The molecule has 1 aliphatic rings. The minimum absolute atomic E-state index is 0.0916. The van der Waals surface area contributed by atoms with Crippen LogP contribution in [-0.2, 0) is 14.8 Å². The molecule has 25 heavy (non-hydrogen) atoms. The first kappa shape index (κ1) is 19.7. The number of hydrogen-bond acceptors (Lipinski definition) is 5. The van der Waals surface area contributed by atoms with Crippen LogP contribution >= 0.6 is 0 Å². The van der Waals surface area contributed by atoms with Crippen LogP contribution in [0.4, 0.5) is 0 Å². The molecule has 1 fully saturated rings. The summed E-state index contributed by atoms with van der Waals surface area (Å²) in [6.07, 6.45) is 2.98. The normalized spacial score (nSPS) is 15.8. The van der Waals surface area contributed by atoms with Crippen molar-refractivity contribution < 1.29 is 22.7 Å². The molecule has 0 unspecified atom stereocenters. The molecule has 0 saturated carbocycles. The maximum atomic E-state index is 12.8. The monoisotopic (exact) mass is 370 g/mol. The first-order chi connectivity index (χ1) is 12.0. The van der Waals surface area contributed by atoms with Gasteiger partial charge >= 0.3 is 0 Å². The van der Waals surface area contributed by atoms with E-state index in [1.807, 2.05) is 0 Å². The minimum Gasteiger partial charge on any atom is -0.496 e. The third-order valence-electron chi connectivity index (χ3n) is 4.09. The zero-order valence-corrected chi connectivity index (χ0v) is 15.6. The van der Waals surface area contributed by atoms with E-state index < -0.39 is 10.0 Å². The standard InChI is InChI=1S/C17H26N2O5S/c1-3-4-5-8-18-17(20)15-13-14(6-7-16(15)23-2)25(21,22)19-9-11-24-12-10-19/h6-7,13H,3-5,8-12H2,1-2H3,(H,18,20). The number of nitrogens with zero attached hydrogens (tertiary/aromatic N) is 1. The Morgan fingerprint density at radius 2 is 2.00 bits per heavy atom. The van der Waals surface area contributed by atoms with E-state index in [2.05, 4.69) is 12.2 Å². The van der Waals surface area contributed by atoms with E-state index >= 15 is 0 Å². The van der Waals surface area contributed by atoms with Crippen molar-refractivity contribution in [1.29, 1.82) is 0 Å². The fraction of sp³-hybridized carbons (Fsp3) is 0.588. The summed E-state index contributed by atoms with van der Waals surface area (Å²) in [5.74, 6) is 0.0286. The molecule has 2 rings (SSSR count). The van der Waals surface area contributed by atoms with Crippen molar-refractivity contribution in [1.82, 2.24) is 9.62 Å². The van der Waals surface area contributed by atoms with E-state index in [0.717, 1.165) is 19.3 Å². The number of amides is 1. The van der Waals surface area contributed by atoms with Crippen molar-refractivity contribution in [3.8, 4) is 5.75 Å². The molecule has 8 heteroatoms. The highest BCUT2D eigenvalue weighted by atomic mass is 32.2. The van der Waals surface area contributed by atoms with E-state index in [4.69, 9.17) is 9.47 Å². The number of ether oxygens (including phenoxy) is 2. The van der Waals surface area contributed by atoms with Crippen molar-refractivity contribution in [3.05, 3.63) is 23.8 Å². The second-order valence-corrected chi connectivity index (χ2v) is 7.78. The molecule has 0 aliphatic carbocycles. The summed E-state index contributed by atoms with van der Waals surface area (Å²) in [6.45, 7) is 4.02. The Hall–Kier alpha value is -1.64. The van der Waals surface area contributed by atoms with Crippen LogP contribution in [0, 0.1) is 0 Å². The first-order valence-corrected chi connectivity index (χ1v) is 9.99. The zero-order valence-electron chi connectivity index (χ0n) is 14.8. The van der Waals surface area contributed by atoms with Crippen molar-refractivity contribution >= 4 is 15.9 Å². The van der Waals surface area contributed by atoms with Crippen LogP contribution in [0.3, 0.4) is 0 Å². The number of rotatable bonds is 8. The lowest BCUT2D eigenvalue weighted by Gasteiger charge is -2.26. The third kappa shape index (κ3) is 4.93. The van der Waals surface area contributed by atoms with Gasteiger partial charge in [0.1, 0.15) is 5.75 Å². The van der Waals surface area contributed by atoms with Gasteiger partial charge < -0.3 is 14.8 Å². The van der Waals surface area contributed by atoms with Crippen molar-refractivity contribution in [2.24, 2.45) is 0 Å². The summed E-state index contributed by atoms with van der Waals surface area (Å²) in [4.78, 5) is 12.5. The fourth-order valence-corrected chi connectivity index (χ4v) is 4.07. The van der Waals surface area contributed by atoms with Crippen molar-refractivity contribution in [3.63, 3.8) is 0 Å². The quantitative estimate of drug-likeness (QED) is 0.703. The van der Waals surface area contributed by atoms with Gasteiger partial charge in [-0.3, -0.25) is 4.79 Å². The maximum absolute atomic E-state index is 12.8. The Bertz CT molecular complexity index is 684. The molecular formula is C17H26N2O5S. The van der Waals surface area contributed by atoms with Crippen LogP contribution in [0.5, 0.6) is 5.75 Å². The van der Waals surface area contributed by atoms with Crippen LogP contribution in [0.15, 0.2) is 23.1 Å². The smallest absolute Gasteiger partial charge is 0.255 e. The van der Waals surface area contributed by atoms with Crippen LogP contribution in [-0.4, -0.2) is 58.6 Å². The summed E-state index contributed by atoms with van der Waals surface area (Å²) in [5.41, 5.74) is 0.230. The number of hydrogen-bond donors (Lipinski definition) is 1. The summed E-state index contributed by atoms with van der Waals surface area (Å²) in [7, 11) is -2.20. The summed E-state index contributed by atoms with van der Waals surface area (Å²) in [5, 5.41) is 2.82. The van der Waals surface area contributed by atoms with Crippen molar-refractivity contribution in [2.75, 3.05) is 40.0 Å². The van der Waals surface area contributed by atoms with E-state index in [-0.39, 0.29) is 16.4 Å². The molecule has 1 aromatic rings. The number of methoxy groups -OCH3 is 1. The molecule has 0 aromatic heterocycles. The highest BCUT2D eigenvalue weighted by Crippen LogP contribution is 2.25. The molecule has 0 spiro atoms. The van der Waals surface area contributed by atoms with Gasteiger partial charge in [-0.05, 0) is 24.6 Å². The number of unbranched alkanes of at least 4 members (excludes halogenated alkanes) is 2.